The highest BCUT2D eigenvalue weighted by atomic mass is 16.3. The van der Waals surface area contributed by atoms with E-state index in [0.717, 1.165) is 30.9 Å². The lowest BCUT2D eigenvalue weighted by Crippen LogP contribution is -2.76. The standard InChI is InChI=1S/C37H42O8/c1-7-8-9-23(39)16-21-10-12-22(13-11-21)24-14-15-26(40)28-25(24)17-35(5)18-36(6)29(19(2)3)31(41)27(20(4)38)33(43)37(36,45)34(44)30(35)32(28)42/h10-15,19,27,29-30,40,45H,7-9,16-18H2,1-6H3/t27?,29?,30?,35-,36-,37+/m1/s1. The Hall–Kier alpha value is -3.78. The van der Waals surface area contributed by atoms with E-state index in [1.54, 1.807) is 33.8 Å². The maximum atomic E-state index is 14.4. The Labute approximate surface area is 263 Å². The molecule has 3 unspecified atom stereocenters. The molecule has 238 valence electrons. The predicted molar refractivity (Wildman–Crippen MR) is 167 cm³/mol. The van der Waals surface area contributed by atoms with Gasteiger partial charge in [0.05, 0.1) is 11.5 Å². The summed E-state index contributed by atoms with van der Waals surface area (Å²) in [5.74, 6) is -8.97. The summed E-state index contributed by atoms with van der Waals surface area (Å²) < 4.78 is 0. The van der Waals surface area contributed by atoms with Crippen molar-refractivity contribution >= 4 is 34.7 Å². The summed E-state index contributed by atoms with van der Waals surface area (Å²) in [6.07, 6.45) is 2.82. The van der Waals surface area contributed by atoms with Gasteiger partial charge in [-0.05, 0) is 65.8 Å². The van der Waals surface area contributed by atoms with E-state index >= 15 is 0 Å². The van der Waals surface area contributed by atoms with Gasteiger partial charge < -0.3 is 10.2 Å². The normalized spacial score (nSPS) is 31.0. The van der Waals surface area contributed by atoms with Crippen LogP contribution in [0.25, 0.3) is 11.1 Å². The zero-order valence-electron chi connectivity index (χ0n) is 26.9. The van der Waals surface area contributed by atoms with Gasteiger partial charge in [-0.2, -0.15) is 0 Å². The molecule has 0 bridgehead atoms. The van der Waals surface area contributed by atoms with Gasteiger partial charge in [0.1, 0.15) is 23.2 Å². The third-order valence-electron chi connectivity index (χ3n) is 10.7. The van der Waals surface area contributed by atoms with Crippen LogP contribution in [-0.2, 0) is 36.8 Å². The number of benzene rings is 2. The number of aromatic hydroxyl groups is 1. The highest BCUT2D eigenvalue weighted by Crippen LogP contribution is 2.64. The molecule has 3 aliphatic carbocycles. The van der Waals surface area contributed by atoms with Crippen molar-refractivity contribution in [2.24, 2.45) is 34.5 Å². The lowest BCUT2D eigenvalue weighted by molar-refractivity contribution is -0.205. The molecule has 2 aromatic rings. The van der Waals surface area contributed by atoms with Crippen molar-refractivity contribution in [1.82, 2.24) is 0 Å². The van der Waals surface area contributed by atoms with Crippen LogP contribution >= 0.6 is 0 Å². The Balaban J connectivity index is 1.61. The molecule has 2 fully saturated rings. The van der Waals surface area contributed by atoms with Crippen molar-refractivity contribution in [1.29, 1.82) is 0 Å². The minimum Gasteiger partial charge on any atom is -0.507 e. The first-order valence-corrected chi connectivity index (χ1v) is 15.9. The molecule has 8 nitrogen and oxygen atoms in total. The summed E-state index contributed by atoms with van der Waals surface area (Å²) in [4.78, 5) is 81.1. The molecule has 2 N–H and O–H groups in total. The Morgan fingerprint density at radius 1 is 0.978 bits per heavy atom. The van der Waals surface area contributed by atoms with Crippen LogP contribution in [0.4, 0.5) is 0 Å². The third-order valence-corrected chi connectivity index (χ3v) is 10.7. The number of fused-ring (bicyclic) bond motifs is 3. The van der Waals surface area contributed by atoms with E-state index in [9.17, 15) is 39.0 Å². The van der Waals surface area contributed by atoms with Gasteiger partial charge in [-0.15, -0.1) is 0 Å². The van der Waals surface area contributed by atoms with Crippen LogP contribution in [-0.4, -0.2) is 50.5 Å². The fourth-order valence-corrected chi connectivity index (χ4v) is 8.90. The van der Waals surface area contributed by atoms with E-state index in [0.29, 0.717) is 24.0 Å². The summed E-state index contributed by atoms with van der Waals surface area (Å²) in [6, 6.07) is 10.6. The fourth-order valence-electron chi connectivity index (χ4n) is 8.90. The van der Waals surface area contributed by atoms with Crippen molar-refractivity contribution in [3.8, 4) is 16.9 Å². The van der Waals surface area contributed by atoms with Crippen LogP contribution in [0.15, 0.2) is 36.4 Å². The number of phenolic OH excluding ortho intramolecular Hbond substituents is 1. The molecular weight excluding hydrogens is 572 g/mol. The molecule has 6 atom stereocenters. The molecule has 5 rings (SSSR count). The quantitative estimate of drug-likeness (QED) is 0.393. The average molecular weight is 615 g/mol. The number of carbonyl (C=O) groups excluding carboxylic acids is 6. The molecule has 2 aromatic carbocycles. The Bertz CT molecular complexity index is 1630. The molecule has 0 spiro atoms. The number of rotatable bonds is 8. The van der Waals surface area contributed by atoms with Crippen LogP contribution in [0.5, 0.6) is 5.75 Å². The number of hydrogen-bond donors (Lipinski definition) is 2. The van der Waals surface area contributed by atoms with E-state index in [2.05, 4.69) is 0 Å². The zero-order valence-corrected chi connectivity index (χ0v) is 26.9. The van der Waals surface area contributed by atoms with Gasteiger partial charge in [-0.25, -0.2) is 0 Å². The summed E-state index contributed by atoms with van der Waals surface area (Å²) in [5.41, 5.74) is -2.55. The average Bonchev–Trinajstić information content (AvgIpc) is 2.94. The minimum absolute atomic E-state index is 0.00303. The first kappa shape index (κ1) is 32.6. The highest BCUT2D eigenvalue weighted by molar-refractivity contribution is 6.32. The summed E-state index contributed by atoms with van der Waals surface area (Å²) in [5, 5.41) is 23.1. The third kappa shape index (κ3) is 4.75. The number of carbonyl (C=O) groups is 6. The second-order valence-electron chi connectivity index (χ2n) is 14.3. The van der Waals surface area contributed by atoms with E-state index in [4.69, 9.17) is 0 Å². The topological polar surface area (TPSA) is 143 Å². The molecule has 3 aliphatic rings. The maximum absolute atomic E-state index is 14.4. The molecule has 0 radical (unpaired) electrons. The van der Waals surface area contributed by atoms with Crippen molar-refractivity contribution < 1.29 is 39.0 Å². The first-order chi connectivity index (χ1) is 21.0. The second kappa shape index (κ2) is 11.2. The van der Waals surface area contributed by atoms with Crippen LogP contribution in [0.3, 0.4) is 0 Å². The summed E-state index contributed by atoms with van der Waals surface area (Å²) in [6.45, 7) is 9.99. The number of ketones is 6. The van der Waals surface area contributed by atoms with Gasteiger partial charge in [0.15, 0.2) is 28.7 Å². The van der Waals surface area contributed by atoms with Gasteiger partial charge in [0, 0.05) is 24.2 Å². The minimum atomic E-state index is -2.72. The van der Waals surface area contributed by atoms with Crippen LogP contribution < -0.4 is 0 Å². The SMILES string of the molecule is CCCCC(=O)Cc1ccc(-c2ccc(O)c3c2C[C@]2(C)C[C@]4(C)C(C(C)C)C(=O)C(C(C)=O)C(=O)[C@]4(O)C(=O)C2C3=O)cc1. The van der Waals surface area contributed by atoms with Gasteiger partial charge in [0.2, 0.25) is 0 Å². The van der Waals surface area contributed by atoms with E-state index in [-0.39, 0.29) is 29.9 Å². The van der Waals surface area contributed by atoms with E-state index < -0.39 is 69.0 Å². The molecule has 8 heteroatoms. The number of hydrogen-bond acceptors (Lipinski definition) is 8. The Kier molecular flexibility index (Phi) is 8.14. The van der Waals surface area contributed by atoms with Gasteiger partial charge in [-0.3, -0.25) is 28.8 Å². The molecule has 45 heavy (non-hydrogen) atoms. The molecule has 0 saturated heterocycles. The molecule has 0 aromatic heterocycles. The first-order valence-electron chi connectivity index (χ1n) is 15.9. The number of Topliss-reactive ketones (excluding diaryl/α,β-unsaturated/α-hetero) is 6. The van der Waals surface area contributed by atoms with Crippen molar-refractivity contribution in [2.45, 2.75) is 85.7 Å². The second-order valence-corrected chi connectivity index (χ2v) is 14.3. The Morgan fingerprint density at radius 2 is 1.62 bits per heavy atom. The van der Waals surface area contributed by atoms with Crippen molar-refractivity contribution in [2.75, 3.05) is 0 Å². The maximum Gasteiger partial charge on any atom is 0.190 e. The molecule has 0 aliphatic heterocycles. The van der Waals surface area contributed by atoms with Crippen LogP contribution in [0.2, 0.25) is 0 Å². The predicted octanol–water partition coefficient (Wildman–Crippen LogP) is 5.06. The van der Waals surface area contributed by atoms with E-state index in [1.807, 2.05) is 31.2 Å². The molecule has 0 heterocycles. The number of aliphatic hydroxyl groups is 1. The lowest BCUT2D eigenvalue weighted by atomic mass is 9.40. The van der Waals surface area contributed by atoms with Gasteiger partial charge in [0.25, 0.3) is 0 Å². The Morgan fingerprint density at radius 3 is 2.20 bits per heavy atom. The van der Waals surface area contributed by atoms with Gasteiger partial charge >= 0.3 is 0 Å². The van der Waals surface area contributed by atoms with Crippen LogP contribution in [0, 0.1) is 34.5 Å². The van der Waals surface area contributed by atoms with Crippen molar-refractivity contribution in [3.63, 3.8) is 0 Å². The van der Waals surface area contributed by atoms with Crippen molar-refractivity contribution in [3.05, 3.63) is 53.1 Å². The van der Waals surface area contributed by atoms with Gasteiger partial charge in [-0.1, -0.05) is 71.4 Å². The highest BCUT2D eigenvalue weighted by Gasteiger charge is 2.76. The van der Waals surface area contributed by atoms with E-state index in [1.165, 1.54) is 6.07 Å². The molecular formula is C37H42O8. The lowest BCUT2D eigenvalue weighted by Gasteiger charge is -2.61. The smallest absolute Gasteiger partial charge is 0.190 e. The monoisotopic (exact) mass is 614 g/mol. The number of unbranched alkanes of at least 4 members (excludes halogenated alkanes) is 1. The largest absolute Gasteiger partial charge is 0.507 e. The fraction of sp³-hybridized carbons (Fsp3) is 0.514. The summed E-state index contributed by atoms with van der Waals surface area (Å²) in [7, 11) is 0. The molecule has 2 saturated carbocycles. The van der Waals surface area contributed by atoms with Crippen LogP contribution in [0.1, 0.15) is 88.7 Å². The number of phenols is 1. The molecule has 0 amide bonds. The zero-order chi connectivity index (χ0) is 33.2. The summed E-state index contributed by atoms with van der Waals surface area (Å²) >= 11 is 0.